The van der Waals surface area contributed by atoms with Gasteiger partial charge in [0.25, 0.3) is 5.91 Å². The number of rotatable bonds is 6. The Hall–Kier alpha value is -2.61. The average Bonchev–Trinajstić information content (AvgIpc) is 2.49. The predicted octanol–water partition coefficient (Wildman–Crippen LogP) is 2.10. The van der Waals surface area contributed by atoms with E-state index in [0.717, 1.165) is 6.26 Å². The number of benzene rings is 1. The summed E-state index contributed by atoms with van der Waals surface area (Å²) in [5.41, 5.74) is 0.988. The number of aromatic nitrogens is 1. The molecule has 1 amide bonds. The molecule has 23 heavy (non-hydrogen) atoms. The lowest BCUT2D eigenvalue weighted by Crippen LogP contribution is -2.16. The Morgan fingerprint density at radius 1 is 1.17 bits per heavy atom. The van der Waals surface area contributed by atoms with Gasteiger partial charge in [-0.05, 0) is 25.1 Å². The van der Waals surface area contributed by atoms with Crippen molar-refractivity contribution in [1.29, 1.82) is 0 Å². The van der Waals surface area contributed by atoms with Gasteiger partial charge < -0.3 is 10.1 Å². The number of nitrogens with one attached hydrogen (secondary N) is 2. The minimum atomic E-state index is -3.44. The van der Waals surface area contributed by atoms with Crippen LogP contribution in [0.15, 0.2) is 42.6 Å². The van der Waals surface area contributed by atoms with Crippen molar-refractivity contribution in [3.05, 3.63) is 48.2 Å². The van der Waals surface area contributed by atoms with Crippen molar-refractivity contribution in [3.63, 3.8) is 0 Å². The maximum absolute atomic E-state index is 12.2. The van der Waals surface area contributed by atoms with E-state index in [9.17, 15) is 13.2 Å². The highest BCUT2D eigenvalue weighted by atomic mass is 32.2. The predicted molar refractivity (Wildman–Crippen MR) is 88.3 cm³/mol. The van der Waals surface area contributed by atoms with Gasteiger partial charge in [0.05, 0.1) is 29.8 Å². The van der Waals surface area contributed by atoms with Gasteiger partial charge in [-0.25, -0.2) is 13.4 Å². The second-order valence-electron chi connectivity index (χ2n) is 4.69. The molecule has 0 bridgehead atoms. The Bertz CT molecular complexity index is 789. The number of pyridine rings is 1. The van der Waals surface area contributed by atoms with Crippen LogP contribution in [0.2, 0.25) is 0 Å². The van der Waals surface area contributed by atoms with E-state index in [4.69, 9.17) is 4.74 Å². The highest BCUT2D eigenvalue weighted by Gasteiger charge is 2.11. The molecule has 0 saturated heterocycles. The van der Waals surface area contributed by atoms with Gasteiger partial charge in [0.1, 0.15) is 0 Å². The molecule has 0 atom stereocenters. The summed E-state index contributed by atoms with van der Waals surface area (Å²) in [5, 5.41) is 2.65. The number of para-hydroxylation sites is 2. The minimum absolute atomic E-state index is 0.294. The Kier molecular flexibility index (Phi) is 5.17. The van der Waals surface area contributed by atoms with Crippen LogP contribution in [-0.4, -0.2) is 32.2 Å². The fourth-order valence-electron chi connectivity index (χ4n) is 1.82. The molecule has 1 heterocycles. The van der Waals surface area contributed by atoms with Gasteiger partial charge in [0, 0.05) is 12.3 Å². The molecule has 1 aromatic heterocycles. The zero-order valence-electron chi connectivity index (χ0n) is 12.7. The molecule has 2 rings (SSSR count). The zero-order valence-corrected chi connectivity index (χ0v) is 13.6. The molecule has 0 aliphatic rings. The second kappa shape index (κ2) is 7.10. The molecule has 0 spiro atoms. The van der Waals surface area contributed by atoms with Gasteiger partial charge in [-0.2, -0.15) is 0 Å². The molecular formula is C15H17N3O4S. The highest BCUT2D eigenvalue weighted by Crippen LogP contribution is 2.22. The van der Waals surface area contributed by atoms with Crippen molar-refractivity contribution in [2.24, 2.45) is 0 Å². The molecule has 0 radical (unpaired) electrons. The lowest BCUT2D eigenvalue weighted by atomic mass is 10.2. The van der Waals surface area contributed by atoms with Crippen LogP contribution in [0.5, 0.6) is 5.88 Å². The average molecular weight is 335 g/mol. The molecule has 8 heteroatoms. The Labute approximate surface area is 134 Å². The quantitative estimate of drug-likeness (QED) is 0.842. The Morgan fingerprint density at radius 2 is 1.87 bits per heavy atom. The van der Waals surface area contributed by atoms with Gasteiger partial charge in [-0.15, -0.1) is 0 Å². The van der Waals surface area contributed by atoms with Crippen molar-refractivity contribution in [3.8, 4) is 5.88 Å². The zero-order chi connectivity index (χ0) is 16.9. The third kappa shape index (κ3) is 4.96. The van der Waals surface area contributed by atoms with Crippen LogP contribution in [0.4, 0.5) is 11.4 Å². The van der Waals surface area contributed by atoms with Gasteiger partial charge in [0.15, 0.2) is 0 Å². The van der Waals surface area contributed by atoms with Crippen LogP contribution in [-0.2, 0) is 10.0 Å². The molecule has 0 aliphatic carbocycles. The summed E-state index contributed by atoms with van der Waals surface area (Å²) in [5.74, 6) is 0.0338. The van der Waals surface area contributed by atoms with E-state index in [2.05, 4.69) is 15.0 Å². The second-order valence-corrected chi connectivity index (χ2v) is 6.44. The fraction of sp³-hybridized carbons (Fsp3) is 0.200. The number of hydrogen-bond acceptors (Lipinski definition) is 5. The number of nitrogens with zero attached hydrogens (tertiary/aromatic N) is 1. The van der Waals surface area contributed by atoms with E-state index >= 15 is 0 Å². The molecule has 2 aromatic rings. The van der Waals surface area contributed by atoms with Gasteiger partial charge >= 0.3 is 0 Å². The SMILES string of the molecule is CCOc1ccc(C(=O)Nc2ccccc2NS(C)(=O)=O)cn1. The van der Waals surface area contributed by atoms with Gasteiger partial charge in [-0.3, -0.25) is 9.52 Å². The number of hydrogen-bond donors (Lipinski definition) is 2. The molecule has 0 fully saturated rings. The number of ether oxygens (including phenoxy) is 1. The Morgan fingerprint density at radius 3 is 2.43 bits per heavy atom. The van der Waals surface area contributed by atoms with Crippen LogP contribution in [0.3, 0.4) is 0 Å². The third-order valence-electron chi connectivity index (χ3n) is 2.76. The minimum Gasteiger partial charge on any atom is -0.478 e. The molecule has 0 aliphatic heterocycles. The van der Waals surface area contributed by atoms with Crippen LogP contribution in [0.25, 0.3) is 0 Å². The molecule has 7 nitrogen and oxygen atoms in total. The lowest BCUT2D eigenvalue weighted by molar-refractivity contribution is 0.102. The van der Waals surface area contributed by atoms with Crippen LogP contribution in [0.1, 0.15) is 17.3 Å². The third-order valence-corrected chi connectivity index (χ3v) is 3.35. The topological polar surface area (TPSA) is 97.4 Å². The standard InChI is InChI=1S/C15H17N3O4S/c1-3-22-14-9-8-11(10-16-14)15(19)17-12-6-4-5-7-13(12)18-23(2,20)21/h4-10,18H,3H2,1-2H3,(H,17,19). The number of anilines is 2. The van der Waals surface area contributed by atoms with Crippen molar-refractivity contribution in [2.75, 3.05) is 22.9 Å². The summed E-state index contributed by atoms with van der Waals surface area (Å²) in [6.07, 6.45) is 2.44. The van der Waals surface area contributed by atoms with Gasteiger partial charge in [0.2, 0.25) is 15.9 Å². The summed E-state index contributed by atoms with van der Waals surface area (Å²) in [6.45, 7) is 2.33. The first-order valence-corrected chi connectivity index (χ1v) is 8.75. The summed E-state index contributed by atoms with van der Waals surface area (Å²) in [7, 11) is -3.44. The molecule has 0 unspecified atom stereocenters. The molecule has 1 aromatic carbocycles. The number of amides is 1. The first-order valence-electron chi connectivity index (χ1n) is 6.86. The monoisotopic (exact) mass is 335 g/mol. The molecule has 122 valence electrons. The number of sulfonamides is 1. The van der Waals surface area contributed by atoms with E-state index in [1.54, 1.807) is 36.4 Å². The number of carbonyl (C=O) groups is 1. The number of carbonyl (C=O) groups excluding carboxylic acids is 1. The maximum atomic E-state index is 12.2. The fourth-order valence-corrected chi connectivity index (χ4v) is 2.40. The molecule has 0 saturated carbocycles. The lowest BCUT2D eigenvalue weighted by Gasteiger charge is -2.12. The normalized spacial score (nSPS) is 10.9. The van der Waals surface area contributed by atoms with E-state index in [0.29, 0.717) is 29.4 Å². The summed E-state index contributed by atoms with van der Waals surface area (Å²) < 4.78 is 30.3. The summed E-state index contributed by atoms with van der Waals surface area (Å²) in [4.78, 5) is 16.3. The maximum Gasteiger partial charge on any atom is 0.257 e. The summed E-state index contributed by atoms with van der Waals surface area (Å²) >= 11 is 0. The summed E-state index contributed by atoms with van der Waals surface area (Å²) in [6, 6.07) is 9.71. The Balaban J connectivity index is 2.17. The first-order chi connectivity index (χ1) is 10.9. The smallest absolute Gasteiger partial charge is 0.257 e. The van der Waals surface area contributed by atoms with Crippen molar-refractivity contribution in [1.82, 2.24) is 4.98 Å². The van der Waals surface area contributed by atoms with Crippen molar-refractivity contribution >= 4 is 27.3 Å². The van der Waals surface area contributed by atoms with E-state index in [-0.39, 0.29) is 0 Å². The van der Waals surface area contributed by atoms with Crippen LogP contribution < -0.4 is 14.8 Å². The molecule has 2 N–H and O–H groups in total. The van der Waals surface area contributed by atoms with E-state index < -0.39 is 15.9 Å². The van der Waals surface area contributed by atoms with Crippen molar-refractivity contribution in [2.45, 2.75) is 6.92 Å². The first kappa shape index (κ1) is 16.8. The van der Waals surface area contributed by atoms with Crippen LogP contribution in [0, 0.1) is 0 Å². The van der Waals surface area contributed by atoms with E-state index in [1.807, 2.05) is 6.92 Å². The van der Waals surface area contributed by atoms with E-state index in [1.165, 1.54) is 6.20 Å². The largest absolute Gasteiger partial charge is 0.478 e. The highest BCUT2D eigenvalue weighted by molar-refractivity contribution is 7.92. The molecular weight excluding hydrogens is 318 g/mol. The van der Waals surface area contributed by atoms with Crippen molar-refractivity contribution < 1.29 is 17.9 Å². The van der Waals surface area contributed by atoms with Gasteiger partial charge in [-0.1, -0.05) is 12.1 Å². The van der Waals surface area contributed by atoms with Crippen LogP contribution >= 0.6 is 0 Å².